The summed E-state index contributed by atoms with van der Waals surface area (Å²) >= 11 is 3.66. The topological polar surface area (TPSA) is 38.1 Å². The zero-order valence-corrected chi connectivity index (χ0v) is 12.8. The van der Waals surface area contributed by atoms with Crippen molar-refractivity contribution in [3.63, 3.8) is 0 Å². The number of halogens is 1. The average molecular weight is 314 g/mol. The number of aryl methyl sites for hydroxylation is 2. The molecule has 5 heteroatoms. The molecule has 2 heterocycles. The zero-order chi connectivity index (χ0) is 13.3. The minimum absolute atomic E-state index is 0.122. The monoisotopic (exact) mass is 313 g/mol. The Morgan fingerprint density at radius 2 is 2.33 bits per heavy atom. The highest BCUT2D eigenvalue weighted by atomic mass is 79.9. The van der Waals surface area contributed by atoms with E-state index in [0.29, 0.717) is 10.7 Å². The molecule has 0 saturated carbocycles. The molecule has 4 nitrogen and oxygen atoms in total. The summed E-state index contributed by atoms with van der Waals surface area (Å²) in [5, 5.41) is 4.34. The van der Waals surface area contributed by atoms with Crippen LogP contribution in [0.25, 0.3) is 0 Å². The van der Waals surface area contributed by atoms with Gasteiger partial charge in [0.05, 0.1) is 11.3 Å². The molecular formula is C13H20BrN3O. The SMILES string of the molecule is CCc1nn(C)cc1C(=O)N1CCC(C)C(Br)C1. The molecule has 18 heavy (non-hydrogen) atoms. The molecule has 0 spiro atoms. The second-order valence-corrected chi connectivity index (χ2v) is 6.23. The fourth-order valence-electron chi connectivity index (χ4n) is 2.35. The van der Waals surface area contributed by atoms with Crippen molar-refractivity contribution in [1.82, 2.24) is 14.7 Å². The van der Waals surface area contributed by atoms with Crippen LogP contribution in [0.15, 0.2) is 6.20 Å². The van der Waals surface area contributed by atoms with Gasteiger partial charge in [-0.1, -0.05) is 29.8 Å². The van der Waals surface area contributed by atoms with Gasteiger partial charge in [-0.15, -0.1) is 0 Å². The van der Waals surface area contributed by atoms with Crippen molar-refractivity contribution in [2.75, 3.05) is 13.1 Å². The third-order valence-electron chi connectivity index (χ3n) is 3.62. The van der Waals surface area contributed by atoms with Crippen LogP contribution in [0.1, 0.15) is 36.3 Å². The van der Waals surface area contributed by atoms with Crippen molar-refractivity contribution in [2.45, 2.75) is 31.5 Å². The number of nitrogens with zero attached hydrogens (tertiary/aromatic N) is 3. The summed E-state index contributed by atoms with van der Waals surface area (Å²) in [5.41, 5.74) is 1.65. The first-order valence-electron chi connectivity index (χ1n) is 6.48. The quantitative estimate of drug-likeness (QED) is 0.785. The van der Waals surface area contributed by atoms with Gasteiger partial charge >= 0.3 is 0 Å². The van der Waals surface area contributed by atoms with Crippen LogP contribution in [-0.2, 0) is 13.5 Å². The molecule has 0 bridgehead atoms. The first-order valence-corrected chi connectivity index (χ1v) is 7.40. The molecule has 1 saturated heterocycles. The number of rotatable bonds is 2. The van der Waals surface area contributed by atoms with Gasteiger partial charge in [0.15, 0.2) is 0 Å². The van der Waals surface area contributed by atoms with E-state index in [1.165, 1.54) is 0 Å². The fraction of sp³-hybridized carbons (Fsp3) is 0.692. The van der Waals surface area contributed by atoms with Gasteiger partial charge in [-0.25, -0.2) is 0 Å². The van der Waals surface area contributed by atoms with Gasteiger partial charge in [-0.2, -0.15) is 5.10 Å². The summed E-state index contributed by atoms with van der Waals surface area (Å²) in [6, 6.07) is 0. The number of carbonyl (C=O) groups is 1. The van der Waals surface area contributed by atoms with Crippen molar-refractivity contribution in [3.05, 3.63) is 17.5 Å². The van der Waals surface area contributed by atoms with Crippen molar-refractivity contribution < 1.29 is 4.79 Å². The van der Waals surface area contributed by atoms with Crippen LogP contribution in [0.5, 0.6) is 0 Å². The normalized spacial score (nSPS) is 24.3. The number of aromatic nitrogens is 2. The number of alkyl halides is 1. The lowest BCUT2D eigenvalue weighted by molar-refractivity contribution is 0.0705. The number of piperidine rings is 1. The van der Waals surface area contributed by atoms with E-state index in [1.807, 2.05) is 25.1 Å². The van der Waals surface area contributed by atoms with Crippen LogP contribution >= 0.6 is 15.9 Å². The third-order valence-corrected chi connectivity index (χ3v) is 4.82. The summed E-state index contributed by atoms with van der Waals surface area (Å²) < 4.78 is 1.73. The van der Waals surface area contributed by atoms with Crippen molar-refractivity contribution in [2.24, 2.45) is 13.0 Å². The standard InChI is InChI=1S/C13H20BrN3O/c1-4-12-10(7-16(3)15-12)13(18)17-6-5-9(2)11(14)8-17/h7,9,11H,4-6,8H2,1-3H3. The van der Waals surface area contributed by atoms with Crippen LogP contribution in [0.4, 0.5) is 0 Å². The molecule has 0 aliphatic carbocycles. The molecule has 2 rings (SSSR count). The minimum atomic E-state index is 0.122. The van der Waals surface area contributed by atoms with E-state index in [0.717, 1.165) is 37.2 Å². The minimum Gasteiger partial charge on any atom is -0.337 e. The number of hydrogen-bond acceptors (Lipinski definition) is 2. The summed E-state index contributed by atoms with van der Waals surface area (Å²) in [7, 11) is 1.86. The van der Waals surface area contributed by atoms with Gasteiger partial charge in [0.2, 0.25) is 0 Å². The van der Waals surface area contributed by atoms with E-state index in [2.05, 4.69) is 28.0 Å². The molecule has 100 valence electrons. The molecule has 1 aromatic heterocycles. The number of carbonyl (C=O) groups excluding carboxylic acids is 1. The zero-order valence-electron chi connectivity index (χ0n) is 11.2. The maximum atomic E-state index is 12.5. The average Bonchev–Trinajstić information content (AvgIpc) is 2.73. The molecule has 2 unspecified atom stereocenters. The predicted molar refractivity (Wildman–Crippen MR) is 75.0 cm³/mol. The fourth-order valence-corrected chi connectivity index (χ4v) is 2.97. The largest absolute Gasteiger partial charge is 0.337 e. The number of hydrogen-bond donors (Lipinski definition) is 0. The van der Waals surface area contributed by atoms with E-state index in [4.69, 9.17) is 0 Å². The Bertz CT molecular complexity index is 443. The van der Waals surface area contributed by atoms with Gasteiger partial charge in [-0.3, -0.25) is 9.48 Å². The number of likely N-dealkylation sites (tertiary alicyclic amines) is 1. The molecule has 1 aromatic rings. The molecule has 1 amide bonds. The van der Waals surface area contributed by atoms with Crippen LogP contribution in [0, 0.1) is 5.92 Å². The van der Waals surface area contributed by atoms with Gasteiger partial charge in [-0.05, 0) is 18.8 Å². The molecule has 0 radical (unpaired) electrons. The number of amides is 1. The Morgan fingerprint density at radius 3 is 2.94 bits per heavy atom. The second kappa shape index (κ2) is 5.43. The summed E-state index contributed by atoms with van der Waals surface area (Å²) in [4.78, 5) is 14.8. The first-order chi connectivity index (χ1) is 8.52. The van der Waals surface area contributed by atoms with Crippen LogP contribution in [-0.4, -0.2) is 38.5 Å². The maximum Gasteiger partial charge on any atom is 0.257 e. The van der Waals surface area contributed by atoms with Crippen molar-refractivity contribution in [3.8, 4) is 0 Å². The highest BCUT2D eigenvalue weighted by Crippen LogP contribution is 2.24. The molecule has 0 aromatic carbocycles. The van der Waals surface area contributed by atoms with E-state index < -0.39 is 0 Å². The molecular weight excluding hydrogens is 294 g/mol. The van der Waals surface area contributed by atoms with Gasteiger partial charge in [0, 0.05) is 31.2 Å². The van der Waals surface area contributed by atoms with Gasteiger partial charge in [0.1, 0.15) is 0 Å². The van der Waals surface area contributed by atoms with Crippen LogP contribution in [0.2, 0.25) is 0 Å². The molecule has 1 fully saturated rings. The Labute approximate surface area is 116 Å². The highest BCUT2D eigenvalue weighted by Gasteiger charge is 2.29. The Hall–Kier alpha value is -0.840. The lowest BCUT2D eigenvalue weighted by atomic mass is 9.98. The lowest BCUT2D eigenvalue weighted by Crippen LogP contribution is -2.43. The lowest BCUT2D eigenvalue weighted by Gasteiger charge is -2.34. The van der Waals surface area contributed by atoms with Crippen molar-refractivity contribution in [1.29, 1.82) is 0 Å². The molecule has 2 atom stereocenters. The predicted octanol–water partition coefficient (Wildman–Crippen LogP) is 2.23. The van der Waals surface area contributed by atoms with E-state index in [1.54, 1.807) is 4.68 Å². The van der Waals surface area contributed by atoms with Crippen molar-refractivity contribution >= 4 is 21.8 Å². The highest BCUT2D eigenvalue weighted by molar-refractivity contribution is 9.09. The summed E-state index contributed by atoms with van der Waals surface area (Å²) in [6.07, 6.45) is 3.69. The Balaban J connectivity index is 2.16. The molecule has 1 aliphatic rings. The molecule has 0 N–H and O–H groups in total. The second-order valence-electron chi connectivity index (χ2n) is 5.05. The summed E-state index contributed by atoms with van der Waals surface area (Å²) in [6.45, 7) is 5.89. The summed E-state index contributed by atoms with van der Waals surface area (Å²) in [5.74, 6) is 0.755. The Kier molecular flexibility index (Phi) is 4.10. The molecule has 1 aliphatic heterocycles. The van der Waals surface area contributed by atoms with Crippen LogP contribution in [0.3, 0.4) is 0 Å². The van der Waals surface area contributed by atoms with Gasteiger partial charge in [0.25, 0.3) is 5.91 Å². The van der Waals surface area contributed by atoms with Crippen LogP contribution < -0.4 is 0 Å². The van der Waals surface area contributed by atoms with E-state index >= 15 is 0 Å². The smallest absolute Gasteiger partial charge is 0.257 e. The Morgan fingerprint density at radius 1 is 1.61 bits per heavy atom. The van der Waals surface area contributed by atoms with E-state index in [9.17, 15) is 4.79 Å². The van der Waals surface area contributed by atoms with E-state index in [-0.39, 0.29) is 5.91 Å². The van der Waals surface area contributed by atoms with Gasteiger partial charge < -0.3 is 4.90 Å². The maximum absolute atomic E-state index is 12.5. The third kappa shape index (κ3) is 2.60. The first kappa shape index (κ1) is 13.6.